The molecule has 0 unspecified atom stereocenters. The summed E-state index contributed by atoms with van der Waals surface area (Å²) < 4.78 is 12.3. The van der Waals surface area contributed by atoms with Crippen LogP contribution >= 0.6 is 11.3 Å². The van der Waals surface area contributed by atoms with Gasteiger partial charge >= 0.3 is 6.03 Å². The van der Waals surface area contributed by atoms with Crippen LogP contribution in [0.1, 0.15) is 10.6 Å². The summed E-state index contributed by atoms with van der Waals surface area (Å²) in [7, 11) is 3.25. The van der Waals surface area contributed by atoms with E-state index in [2.05, 4.69) is 5.32 Å². The first kappa shape index (κ1) is 19.4. The molecule has 1 N–H and O–H groups in total. The molecule has 0 atom stereocenters. The molecule has 0 radical (unpaired) electrons. The zero-order chi connectivity index (χ0) is 21.4. The van der Waals surface area contributed by atoms with E-state index in [9.17, 15) is 4.79 Å². The van der Waals surface area contributed by atoms with Gasteiger partial charge in [0.05, 0.1) is 26.5 Å². The van der Waals surface area contributed by atoms with Crippen molar-refractivity contribution in [3.05, 3.63) is 59.1 Å². The molecule has 1 aliphatic heterocycles. The molecule has 0 fully saturated rings. The van der Waals surface area contributed by atoms with Gasteiger partial charge in [0.1, 0.15) is 11.5 Å². The van der Waals surface area contributed by atoms with Crippen molar-refractivity contribution < 1.29 is 14.3 Å². The Morgan fingerprint density at radius 2 is 1.90 bits per heavy atom. The maximum Gasteiger partial charge on any atom is 0.322 e. The lowest BCUT2D eigenvalue weighted by molar-refractivity contribution is 0.206. The van der Waals surface area contributed by atoms with E-state index in [0.29, 0.717) is 30.4 Å². The van der Waals surface area contributed by atoms with Gasteiger partial charge in [0.25, 0.3) is 0 Å². The van der Waals surface area contributed by atoms with Crippen molar-refractivity contribution in [1.29, 1.82) is 0 Å². The normalized spacial score (nSPS) is 13.2. The first-order valence-corrected chi connectivity index (χ1v) is 10.7. The van der Waals surface area contributed by atoms with Gasteiger partial charge in [-0.3, -0.25) is 0 Å². The van der Waals surface area contributed by atoms with Gasteiger partial charge in [-0.15, -0.1) is 5.10 Å². The minimum atomic E-state index is -0.128. The van der Waals surface area contributed by atoms with E-state index in [-0.39, 0.29) is 6.03 Å². The van der Waals surface area contributed by atoms with Gasteiger partial charge < -0.3 is 19.7 Å². The fourth-order valence-electron chi connectivity index (χ4n) is 3.63. The van der Waals surface area contributed by atoms with Crippen LogP contribution in [0.15, 0.2) is 48.5 Å². The van der Waals surface area contributed by atoms with Crippen molar-refractivity contribution in [3.63, 3.8) is 0 Å². The van der Waals surface area contributed by atoms with Crippen LogP contribution in [0.3, 0.4) is 0 Å². The lowest BCUT2D eigenvalue weighted by atomic mass is 10.2. The Kier molecular flexibility index (Phi) is 4.95. The molecular weight excluding hydrogens is 414 g/mol. The maximum atomic E-state index is 12.8. The number of carbonyl (C=O) groups is 1. The van der Waals surface area contributed by atoms with E-state index in [4.69, 9.17) is 19.6 Å². The monoisotopic (exact) mass is 435 g/mol. The van der Waals surface area contributed by atoms with Gasteiger partial charge in [0.2, 0.25) is 4.96 Å². The number of thiazole rings is 1. The number of urea groups is 1. The number of nitrogens with zero attached hydrogens (tertiary/aromatic N) is 4. The second-order valence-electron chi connectivity index (χ2n) is 7.16. The molecule has 5 rings (SSSR count). The third-order valence-corrected chi connectivity index (χ3v) is 6.34. The van der Waals surface area contributed by atoms with Crippen molar-refractivity contribution in [2.45, 2.75) is 13.0 Å². The summed E-state index contributed by atoms with van der Waals surface area (Å²) in [4.78, 5) is 21.2. The average molecular weight is 436 g/mol. The van der Waals surface area contributed by atoms with Gasteiger partial charge in [-0.05, 0) is 36.4 Å². The first-order valence-electron chi connectivity index (χ1n) is 9.86. The standard InChI is InChI=1S/C22H21N5O3S/c1-29-16-8-6-14(7-9-16)20-24-22-27(25-20)18-10-11-26(13-19(18)31-22)21(28)23-15-4-3-5-17(12-15)30-2/h3-9,12H,10-11,13H2,1-2H3,(H,23,28). The number of methoxy groups -OCH3 is 2. The van der Waals surface area contributed by atoms with Crippen LogP contribution < -0.4 is 14.8 Å². The Balaban J connectivity index is 1.33. The number of rotatable bonds is 4. The molecule has 8 nitrogen and oxygen atoms in total. The highest BCUT2D eigenvalue weighted by Gasteiger charge is 2.26. The summed E-state index contributed by atoms with van der Waals surface area (Å²) in [6, 6.07) is 14.9. The van der Waals surface area contributed by atoms with Crippen molar-refractivity contribution in [2.24, 2.45) is 0 Å². The summed E-state index contributed by atoms with van der Waals surface area (Å²) in [6.07, 6.45) is 0.728. The highest BCUT2D eigenvalue weighted by atomic mass is 32.1. The maximum absolute atomic E-state index is 12.8. The average Bonchev–Trinajstić information content (AvgIpc) is 3.37. The Morgan fingerprint density at radius 1 is 1.10 bits per heavy atom. The number of ether oxygens (including phenoxy) is 2. The molecule has 2 aromatic carbocycles. The lowest BCUT2D eigenvalue weighted by Gasteiger charge is -2.26. The molecule has 4 aromatic rings. The van der Waals surface area contributed by atoms with Gasteiger partial charge in [0.15, 0.2) is 5.82 Å². The number of nitrogens with one attached hydrogen (secondary N) is 1. The summed E-state index contributed by atoms with van der Waals surface area (Å²) >= 11 is 1.58. The fraction of sp³-hybridized carbons (Fsp3) is 0.227. The van der Waals surface area contributed by atoms with Gasteiger partial charge in [0, 0.05) is 35.2 Å². The highest BCUT2D eigenvalue weighted by Crippen LogP contribution is 2.30. The predicted octanol–water partition coefficient (Wildman–Crippen LogP) is 4.07. The van der Waals surface area contributed by atoms with Crippen LogP contribution in [0.25, 0.3) is 16.3 Å². The van der Waals surface area contributed by atoms with E-state index < -0.39 is 0 Å². The zero-order valence-corrected chi connectivity index (χ0v) is 18.0. The van der Waals surface area contributed by atoms with Gasteiger partial charge in [-0.1, -0.05) is 17.4 Å². The molecule has 0 bridgehead atoms. The first-order chi connectivity index (χ1) is 15.1. The molecule has 3 heterocycles. The molecule has 0 spiro atoms. The number of aromatic nitrogens is 3. The number of carbonyl (C=O) groups excluding carboxylic acids is 1. The lowest BCUT2D eigenvalue weighted by Crippen LogP contribution is -2.38. The third-order valence-electron chi connectivity index (χ3n) is 5.28. The molecule has 1 aliphatic rings. The Bertz CT molecular complexity index is 1250. The summed E-state index contributed by atoms with van der Waals surface area (Å²) in [6.45, 7) is 1.16. The number of hydrogen-bond donors (Lipinski definition) is 1. The number of anilines is 1. The van der Waals surface area contributed by atoms with Crippen LogP contribution in [-0.4, -0.2) is 46.3 Å². The van der Waals surface area contributed by atoms with Gasteiger partial charge in [-0.2, -0.15) is 4.98 Å². The van der Waals surface area contributed by atoms with Crippen LogP contribution in [0.5, 0.6) is 11.5 Å². The second kappa shape index (κ2) is 7.92. The number of fused-ring (bicyclic) bond motifs is 3. The van der Waals surface area contributed by atoms with Crippen LogP contribution in [0, 0.1) is 0 Å². The third kappa shape index (κ3) is 3.68. The van der Waals surface area contributed by atoms with Crippen LogP contribution in [0.2, 0.25) is 0 Å². The molecule has 31 heavy (non-hydrogen) atoms. The van der Waals surface area contributed by atoms with E-state index in [0.717, 1.165) is 33.3 Å². The Morgan fingerprint density at radius 3 is 2.68 bits per heavy atom. The molecule has 0 saturated carbocycles. The van der Waals surface area contributed by atoms with E-state index in [1.807, 2.05) is 51.9 Å². The molecule has 9 heteroatoms. The van der Waals surface area contributed by atoms with E-state index >= 15 is 0 Å². The second-order valence-corrected chi connectivity index (χ2v) is 8.23. The summed E-state index contributed by atoms with van der Waals surface area (Å²) in [5, 5.41) is 7.66. The number of benzene rings is 2. The molecule has 158 valence electrons. The topological polar surface area (TPSA) is 81.0 Å². The van der Waals surface area contributed by atoms with Gasteiger partial charge in [-0.25, -0.2) is 9.31 Å². The van der Waals surface area contributed by atoms with Crippen molar-refractivity contribution in [3.8, 4) is 22.9 Å². The fourth-order valence-corrected chi connectivity index (χ4v) is 4.74. The van der Waals surface area contributed by atoms with Crippen molar-refractivity contribution in [2.75, 3.05) is 26.1 Å². The molecular formula is C22H21N5O3S. The minimum absolute atomic E-state index is 0.128. The van der Waals surface area contributed by atoms with Crippen molar-refractivity contribution in [1.82, 2.24) is 19.5 Å². The Labute approximate surface area is 183 Å². The number of hydrogen-bond acceptors (Lipinski definition) is 6. The Hall–Kier alpha value is -3.59. The molecule has 2 amide bonds. The predicted molar refractivity (Wildman–Crippen MR) is 119 cm³/mol. The minimum Gasteiger partial charge on any atom is -0.497 e. The summed E-state index contributed by atoms with van der Waals surface area (Å²) in [5.74, 6) is 2.20. The zero-order valence-electron chi connectivity index (χ0n) is 17.2. The summed E-state index contributed by atoms with van der Waals surface area (Å²) in [5.41, 5.74) is 2.78. The smallest absolute Gasteiger partial charge is 0.322 e. The molecule has 0 aliphatic carbocycles. The SMILES string of the molecule is COc1ccc(-c2nc3sc4c(n3n2)CCN(C(=O)Nc2cccc(OC)c2)C4)cc1. The van der Waals surface area contributed by atoms with E-state index in [1.54, 1.807) is 31.6 Å². The quantitative estimate of drug-likeness (QED) is 0.523. The van der Waals surface area contributed by atoms with E-state index in [1.165, 1.54) is 0 Å². The number of amides is 2. The van der Waals surface area contributed by atoms with Crippen LogP contribution in [0.4, 0.5) is 10.5 Å². The van der Waals surface area contributed by atoms with Crippen LogP contribution in [-0.2, 0) is 13.0 Å². The molecule has 2 aromatic heterocycles. The largest absolute Gasteiger partial charge is 0.497 e. The molecule has 0 saturated heterocycles. The van der Waals surface area contributed by atoms with Crippen molar-refractivity contribution >= 4 is 28.0 Å². The highest BCUT2D eigenvalue weighted by molar-refractivity contribution is 7.17.